The molecule has 0 fully saturated rings. The average Bonchev–Trinajstić information content (AvgIpc) is 2.70. The molecule has 7 heteroatoms. The quantitative estimate of drug-likeness (QED) is 0.658. The first-order valence-electron chi connectivity index (χ1n) is 9.24. The maximum Gasteiger partial charge on any atom is 0.326 e. The van der Waals surface area contributed by atoms with Crippen molar-refractivity contribution in [3.63, 3.8) is 0 Å². The molecule has 0 radical (unpaired) electrons. The number of carboxylic acid groups (broad SMARTS) is 1. The molecule has 2 aromatic rings. The number of benzene rings is 2. The summed E-state index contributed by atoms with van der Waals surface area (Å²) in [5, 5.41) is 8.87. The number of carbonyl (C=O) groups excluding carboxylic acids is 1. The van der Waals surface area contributed by atoms with Gasteiger partial charge in [0, 0.05) is 26.8 Å². The Balaban J connectivity index is 0.000000291. The average molecular weight is 402 g/mol. The number of carbonyl (C=O) groups is 2. The van der Waals surface area contributed by atoms with E-state index < -0.39 is 12.0 Å². The molecule has 0 aliphatic carbocycles. The van der Waals surface area contributed by atoms with Gasteiger partial charge in [-0.25, -0.2) is 4.79 Å². The van der Waals surface area contributed by atoms with Gasteiger partial charge in [-0.15, -0.1) is 0 Å². The van der Waals surface area contributed by atoms with Crippen LogP contribution in [0.3, 0.4) is 0 Å². The van der Waals surface area contributed by atoms with E-state index in [-0.39, 0.29) is 18.2 Å². The Morgan fingerprint density at radius 2 is 1.48 bits per heavy atom. The summed E-state index contributed by atoms with van der Waals surface area (Å²) in [4.78, 5) is 23.4. The molecule has 7 nitrogen and oxygen atoms in total. The summed E-state index contributed by atoms with van der Waals surface area (Å²) in [7, 11) is 3.19. The Hall–Kier alpha value is -2.74. The molecule has 0 saturated heterocycles. The number of aliphatic carboxylic acids is 1. The zero-order valence-electron chi connectivity index (χ0n) is 17.3. The molecule has 1 unspecified atom stereocenters. The number of nitrogens with zero attached hydrogens (tertiary/aromatic N) is 1. The van der Waals surface area contributed by atoms with Gasteiger partial charge < -0.3 is 20.3 Å². The Kier molecular flexibility index (Phi) is 10.6. The smallest absolute Gasteiger partial charge is 0.326 e. The summed E-state index contributed by atoms with van der Waals surface area (Å²) >= 11 is 0. The highest BCUT2D eigenvalue weighted by Gasteiger charge is 2.24. The Morgan fingerprint density at radius 3 is 1.90 bits per heavy atom. The molecule has 0 heterocycles. The van der Waals surface area contributed by atoms with Crippen molar-refractivity contribution >= 4 is 17.6 Å². The van der Waals surface area contributed by atoms with E-state index in [4.69, 9.17) is 20.3 Å². The molecule has 0 aromatic heterocycles. The van der Waals surface area contributed by atoms with Crippen molar-refractivity contribution in [3.8, 4) is 0 Å². The van der Waals surface area contributed by atoms with E-state index in [0.717, 1.165) is 6.42 Å². The first-order valence-corrected chi connectivity index (χ1v) is 9.24. The standard InChI is InChI=1S/C11H13NO3.C11H17NO2/c1-8(11(14)15)12(9(2)13)10-6-4-3-5-7-10;1-13-11(14-2)10(12)8-9-6-4-3-5-7-9/h3-8H,1-2H3,(H,14,15);3-7,10-11H,8,12H2,1-2H3/t;10-/m.1/s1. The molecule has 1 amide bonds. The van der Waals surface area contributed by atoms with Gasteiger partial charge in [0.25, 0.3) is 0 Å². The molecule has 2 atom stereocenters. The molecular formula is C22H30N2O5. The van der Waals surface area contributed by atoms with Crippen molar-refractivity contribution in [1.29, 1.82) is 0 Å². The molecule has 29 heavy (non-hydrogen) atoms. The SMILES string of the molecule is CC(=O)N(c1ccccc1)C(C)C(=O)O.COC(OC)[C@H](N)Cc1ccccc1. The monoisotopic (exact) mass is 402 g/mol. The summed E-state index contributed by atoms with van der Waals surface area (Å²) in [5.41, 5.74) is 7.71. The van der Waals surface area contributed by atoms with Crippen molar-refractivity contribution in [2.24, 2.45) is 5.73 Å². The molecule has 0 saturated carbocycles. The Morgan fingerprint density at radius 1 is 1.00 bits per heavy atom. The van der Waals surface area contributed by atoms with Gasteiger partial charge in [-0.1, -0.05) is 48.5 Å². The fourth-order valence-electron chi connectivity index (χ4n) is 2.81. The highest BCUT2D eigenvalue weighted by Crippen LogP contribution is 2.16. The van der Waals surface area contributed by atoms with Crippen molar-refractivity contribution in [2.45, 2.75) is 38.6 Å². The van der Waals surface area contributed by atoms with Crippen LogP contribution in [0.2, 0.25) is 0 Å². The fourth-order valence-corrected chi connectivity index (χ4v) is 2.81. The number of ether oxygens (including phenoxy) is 2. The number of carboxylic acids is 1. The van der Waals surface area contributed by atoms with E-state index in [9.17, 15) is 9.59 Å². The second-order valence-corrected chi connectivity index (χ2v) is 6.43. The van der Waals surface area contributed by atoms with Gasteiger partial charge >= 0.3 is 5.97 Å². The molecule has 0 aliphatic heterocycles. The number of hydrogen-bond donors (Lipinski definition) is 2. The maximum atomic E-state index is 11.4. The number of amides is 1. The first kappa shape index (κ1) is 24.3. The minimum absolute atomic E-state index is 0.132. The Bertz CT molecular complexity index is 735. The van der Waals surface area contributed by atoms with Crippen molar-refractivity contribution in [3.05, 3.63) is 66.2 Å². The van der Waals surface area contributed by atoms with Crippen LogP contribution in [0.1, 0.15) is 19.4 Å². The van der Waals surface area contributed by atoms with Crippen molar-refractivity contribution in [1.82, 2.24) is 0 Å². The predicted molar refractivity (Wildman–Crippen MR) is 113 cm³/mol. The molecule has 158 valence electrons. The molecule has 3 N–H and O–H groups in total. The van der Waals surface area contributed by atoms with Gasteiger partial charge in [-0.05, 0) is 31.0 Å². The van der Waals surface area contributed by atoms with Crippen LogP contribution in [-0.4, -0.2) is 49.6 Å². The van der Waals surface area contributed by atoms with Crippen LogP contribution in [0.4, 0.5) is 5.69 Å². The number of methoxy groups -OCH3 is 2. The van der Waals surface area contributed by atoms with Crippen molar-refractivity contribution < 1.29 is 24.2 Å². The highest BCUT2D eigenvalue weighted by molar-refractivity contribution is 5.97. The second kappa shape index (κ2) is 12.7. The maximum absolute atomic E-state index is 11.4. The fraction of sp³-hybridized carbons (Fsp3) is 0.364. The summed E-state index contributed by atoms with van der Waals surface area (Å²) in [6.07, 6.45) is 0.419. The summed E-state index contributed by atoms with van der Waals surface area (Å²) in [6.45, 7) is 2.84. The third-order valence-corrected chi connectivity index (χ3v) is 4.25. The second-order valence-electron chi connectivity index (χ2n) is 6.43. The third kappa shape index (κ3) is 8.03. The minimum Gasteiger partial charge on any atom is -0.480 e. The summed E-state index contributed by atoms with van der Waals surface area (Å²) < 4.78 is 10.2. The van der Waals surface area contributed by atoms with Crippen LogP contribution in [0.25, 0.3) is 0 Å². The molecule has 2 rings (SSSR count). The lowest BCUT2D eigenvalue weighted by Gasteiger charge is -2.25. The van der Waals surface area contributed by atoms with Crippen LogP contribution in [0.15, 0.2) is 60.7 Å². The van der Waals surface area contributed by atoms with Crippen LogP contribution in [0, 0.1) is 0 Å². The van der Waals surface area contributed by atoms with Gasteiger partial charge in [-0.2, -0.15) is 0 Å². The number of hydrogen-bond acceptors (Lipinski definition) is 5. The van der Waals surface area contributed by atoms with Crippen LogP contribution < -0.4 is 10.6 Å². The third-order valence-electron chi connectivity index (χ3n) is 4.25. The summed E-state index contributed by atoms with van der Waals surface area (Å²) in [5.74, 6) is -1.30. The van der Waals surface area contributed by atoms with E-state index in [1.54, 1.807) is 38.5 Å². The normalized spacial score (nSPS) is 12.5. The van der Waals surface area contributed by atoms with Gasteiger partial charge in [0.1, 0.15) is 6.04 Å². The van der Waals surface area contributed by atoms with E-state index in [2.05, 4.69) is 0 Å². The van der Waals surface area contributed by atoms with Gasteiger partial charge in [-0.3, -0.25) is 9.69 Å². The highest BCUT2D eigenvalue weighted by atomic mass is 16.7. The Labute approximate surface area is 172 Å². The number of para-hydroxylation sites is 1. The minimum atomic E-state index is -1.02. The molecule has 2 aromatic carbocycles. The molecule has 0 bridgehead atoms. The number of rotatable bonds is 8. The van der Waals surface area contributed by atoms with Crippen LogP contribution >= 0.6 is 0 Å². The van der Waals surface area contributed by atoms with Gasteiger partial charge in [0.2, 0.25) is 5.91 Å². The van der Waals surface area contributed by atoms with Crippen LogP contribution in [-0.2, 0) is 25.5 Å². The zero-order chi connectivity index (χ0) is 21.8. The predicted octanol–water partition coefficient (Wildman–Crippen LogP) is 2.69. The molecule has 0 spiro atoms. The number of nitrogens with two attached hydrogens (primary N) is 1. The van der Waals surface area contributed by atoms with Crippen LogP contribution in [0.5, 0.6) is 0 Å². The lowest BCUT2D eigenvalue weighted by Crippen LogP contribution is -2.42. The van der Waals surface area contributed by atoms with E-state index in [1.807, 2.05) is 36.4 Å². The lowest BCUT2D eigenvalue weighted by molar-refractivity contribution is -0.139. The largest absolute Gasteiger partial charge is 0.480 e. The molecular weight excluding hydrogens is 372 g/mol. The topological polar surface area (TPSA) is 102 Å². The number of anilines is 1. The van der Waals surface area contributed by atoms with Gasteiger partial charge in [0.05, 0.1) is 6.04 Å². The lowest BCUT2D eigenvalue weighted by atomic mass is 10.1. The van der Waals surface area contributed by atoms with E-state index in [0.29, 0.717) is 5.69 Å². The van der Waals surface area contributed by atoms with Gasteiger partial charge in [0.15, 0.2) is 6.29 Å². The van der Waals surface area contributed by atoms with E-state index in [1.165, 1.54) is 24.3 Å². The van der Waals surface area contributed by atoms with E-state index >= 15 is 0 Å². The van der Waals surface area contributed by atoms with Crippen molar-refractivity contribution in [2.75, 3.05) is 19.1 Å². The summed E-state index contributed by atoms with van der Waals surface area (Å²) in [6, 6.07) is 17.8. The molecule has 0 aliphatic rings. The first-order chi connectivity index (χ1) is 13.8. The zero-order valence-corrected chi connectivity index (χ0v) is 17.3.